The molecule has 2 aromatic rings. The van der Waals surface area contributed by atoms with Gasteiger partial charge in [0.2, 0.25) is 0 Å². The first kappa shape index (κ1) is 12.2. The lowest BCUT2D eigenvalue weighted by Crippen LogP contribution is -1.92. The van der Waals surface area contributed by atoms with Gasteiger partial charge in [-0.3, -0.25) is 0 Å². The van der Waals surface area contributed by atoms with E-state index in [-0.39, 0.29) is 6.42 Å². The minimum atomic E-state index is 0.287. The fourth-order valence-electron chi connectivity index (χ4n) is 1.61. The lowest BCUT2D eigenvalue weighted by molar-refractivity contribution is 0.898. The summed E-state index contributed by atoms with van der Waals surface area (Å²) in [5, 5.41) is 9.39. The number of benzene rings is 1. The maximum atomic E-state index is 8.72. The Hall–Kier alpha value is -1.31. The zero-order valence-electron chi connectivity index (χ0n) is 9.11. The summed E-state index contributed by atoms with van der Waals surface area (Å²) in [5.41, 5.74) is 1.68. The number of imidazole rings is 1. The molecule has 0 atom stereocenters. The fraction of sp³-hybridized carbons (Fsp3) is 0.167. The Morgan fingerprint density at radius 1 is 1.53 bits per heavy atom. The monoisotopic (exact) mass is 309 g/mol. The van der Waals surface area contributed by atoms with Crippen LogP contribution in [0.25, 0.3) is 11.4 Å². The largest absolute Gasteiger partial charge is 0.322 e. The molecule has 0 aliphatic carbocycles. The molecule has 0 saturated carbocycles. The lowest BCUT2D eigenvalue weighted by Gasteiger charge is -2.02. The van der Waals surface area contributed by atoms with Crippen LogP contribution in [0.4, 0.5) is 0 Å². The summed E-state index contributed by atoms with van der Waals surface area (Å²) >= 11 is 9.39. The average molecular weight is 311 g/mol. The standard InChI is InChI=1S/C12H9BrClN3/c1-17-11(13)10(5-6-15)16-12(17)8-3-2-4-9(14)7-8/h2-4,7H,5H2,1H3. The number of nitriles is 1. The van der Waals surface area contributed by atoms with Crippen molar-refractivity contribution < 1.29 is 0 Å². The molecule has 0 radical (unpaired) electrons. The second kappa shape index (κ2) is 4.91. The molecule has 1 heterocycles. The Kier molecular flexibility index (Phi) is 3.51. The van der Waals surface area contributed by atoms with Crippen molar-refractivity contribution in [2.45, 2.75) is 6.42 Å². The van der Waals surface area contributed by atoms with Gasteiger partial charge in [0, 0.05) is 17.6 Å². The molecule has 5 heteroatoms. The third kappa shape index (κ3) is 2.36. The summed E-state index contributed by atoms with van der Waals surface area (Å²) in [6.45, 7) is 0. The quantitative estimate of drug-likeness (QED) is 0.851. The van der Waals surface area contributed by atoms with Crippen molar-refractivity contribution in [2.24, 2.45) is 7.05 Å². The number of rotatable bonds is 2. The number of hydrogen-bond donors (Lipinski definition) is 0. The SMILES string of the molecule is Cn1c(-c2cccc(Cl)c2)nc(CC#N)c1Br. The molecule has 0 bridgehead atoms. The molecular weight excluding hydrogens is 302 g/mol. The van der Waals surface area contributed by atoms with Crippen LogP contribution >= 0.6 is 27.5 Å². The highest BCUT2D eigenvalue weighted by atomic mass is 79.9. The van der Waals surface area contributed by atoms with Crippen LogP contribution < -0.4 is 0 Å². The van der Waals surface area contributed by atoms with Crippen molar-refractivity contribution in [2.75, 3.05) is 0 Å². The van der Waals surface area contributed by atoms with Crippen molar-refractivity contribution in [1.29, 1.82) is 5.26 Å². The van der Waals surface area contributed by atoms with E-state index in [9.17, 15) is 0 Å². The molecule has 3 nitrogen and oxygen atoms in total. The van der Waals surface area contributed by atoms with Gasteiger partial charge in [0.25, 0.3) is 0 Å². The summed E-state index contributed by atoms with van der Waals surface area (Å²) < 4.78 is 2.73. The molecule has 1 aromatic carbocycles. The van der Waals surface area contributed by atoms with Crippen LogP contribution in [-0.2, 0) is 13.5 Å². The number of hydrogen-bond acceptors (Lipinski definition) is 2. The molecule has 0 spiro atoms. The van der Waals surface area contributed by atoms with Gasteiger partial charge in [0.1, 0.15) is 10.4 Å². The average Bonchev–Trinajstić information content (AvgIpc) is 2.58. The molecule has 0 fully saturated rings. The van der Waals surface area contributed by atoms with E-state index in [0.29, 0.717) is 5.02 Å². The second-order valence-electron chi connectivity index (χ2n) is 3.58. The van der Waals surface area contributed by atoms with Crippen LogP contribution in [0.2, 0.25) is 5.02 Å². The van der Waals surface area contributed by atoms with Gasteiger partial charge in [-0.1, -0.05) is 23.7 Å². The topological polar surface area (TPSA) is 41.6 Å². The Morgan fingerprint density at radius 3 is 2.94 bits per heavy atom. The fourth-order valence-corrected chi connectivity index (χ4v) is 2.20. The number of aromatic nitrogens is 2. The Balaban J connectivity index is 2.53. The molecular formula is C12H9BrClN3. The Labute approximate surface area is 113 Å². The summed E-state index contributed by atoms with van der Waals surface area (Å²) in [4.78, 5) is 4.45. The number of nitrogens with zero attached hydrogens (tertiary/aromatic N) is 3. The minimum Gasteiger partial charge on any atom is -0.322 e. The van der Waals surface area contributed by atoms with Crippen LogP contribution in [0.15, 0.2) is 28.9 Å². The Bertz CT molecular complexity index is 598. The van der Waals surface area contributed by atoms with Gasteiger partial charge in [-0.05, 0) is 28.1 Å². The predicted octanol–water partition coefficient (Wildman–Crippen LogP) is 3.57. The molecule has 0 unspecified atom stereocenters. The highest BCUT2D eigenvalue weighted by Crippen LogP contribution is 2.26. The molecule has 2 rings (SSSR count). The zero-order chi connectivity index (χ0) is 12.4. The van der Waals surface area contributed by atoms with Gasteiger partial charge in [-0.15, -0.1) is 0 Å². The smallest absolute Gasteiger partial charge is 0.140 e. The minimum absolute atomic E-state index is 0.287. The van der Waals surface area contributed by atoms with E-state index in [1.807, 2.05) is 35.9 Å². The summed E-state index contributed by atoms with van der Waals surface area (Å²) in [5.74, 6) is 0.796. The highest BCUT2D eigenvalue weighted by Gasteiger charge is 2.13. The van der Waals surface area contributed by atoms with E-state index >= 15 is 0 Å². The molecule has 0 N–H and O–H groups in total. The first-order valence-corrected chi connectivity index (χ1v) is 6.14. The Morgan fingerprint density at radius 2 is 2.29 bits per heavy atom. The molecule has 1 aromatic heterocycles. The molecule has 17 heavy (non-hydrogen) atoms. The molecule has 86 valence electrons. The van der Waals surface area contributed by atoms with E-state index < -0.39 is 0 Å². The molecule has 0 saturated heterocycles. The van der Waals surface area contributed by atoms with Crippen LogP contribution in [0.1, 0.15) is 5.69 Å². The van der Waals surface area contributed by atoms with Gasteiger partial charge >= 0.3 is 0 Å². The second-order valence-corrected chi connectivity index (χ2v) is 4.76. The first-order valence-electron chi connectivity index (χ1n) is 4.97. The maximum Gasteiger partial charge on any atom is 0.140 e. The molecule has 0 aliphatic heterocycles. The van der Waals surface area contributed by atoms with Crippen molar-refractivity contribution in [1.82, 2.24) is 9.55 Å². The molecule has 0 amide bonds. The van der Waals surface area contributed by atoms with E-state index in [4.69, 9.17) is 16.9 Å². The zero-order valence-corrected chi connectivity index (χ0v) is 11.5. The third-order valence-corrected chi connectivity index (χ3v) is 3.65. The third-order valence-electron chi connectivity index (χ3n) is 2.42. The summed E-state index contributed by atoms with van der Waals surface area (Å²) in [6, 6.07) is 9.59. The predicted molar refractivity (Wildman–Crippen MR) is 70.7 cm³/mol. The van der Waals surface area contributed by atoms with Crippen LogP contribution in [0, 0.1) is 11.3 Å². The molecule has 0 aliphatic rings. The van der Waals surface area contributed by atoms with Crippen molar-refractivity contribution in [3.63, 3.8) is 0 Å². The van der Waals surface area contributed by atoms with Gasteiger partial charge in [0.05, 0.1) is 18.2 Å². The highest BCUT2D eigenvalue weighted by molar-refractivity contribution is 9.10. The van der Waals surface area contributed by atoms with E-state index in [1.165, 1.54) is 0 Å². The van der Waals surface area contributed by atoms with Crippen LogP contribution in [-0.4, -0.2) is 9.55 Å². The van der Waals surface area contributed by atoms with Gasteiger partial charge in [-0.2, -0.15) is 5.26 Å². The van der Waals surface area contributed by atoms with Crippen molar-refractivity contribution >= 4 is 27.5 Å². The van der Waals surface area contributed by atoms with Gasteiger partial charge in [0.15, 0.2) is 0 Å². The van der Waals surface area contributed by atoms with Gasteiger partial charge < -0.3 is 4.57 Å². The van der Waals surface area contributed by atoms with Crippen molar-refractivity contribution in [3.8, 4) is 17.5 Å². The first-order chi connectivity index (χ1) is 8.13. The van der Waals surface area contributed by atoms with Crippen LogP contribution in [0.5, 0.6) is 0 Å². The normalized spacial score (nSPS) is 10.2. The summed E-state index contributed by atoms with van der Waals surface area (Å²) in [6.07, 6.45) is 0.287. The van der Waals surface area contributed by atoms with E-state index in [0.717, 1.165) is 21.7 Å². The lowest BCUT2D eigenvalue weighted by atomic mass is 10.2. The van der Waals surface area contributed by atoms with Gasteiger partial charge in [-0.25, -0.2) is 4.98 Å². The van der Waals surface area contributed by atoms with Crippen LogP contribution in [0.3, 0.4) is 0 Å². The van der Waals surface area contributed by atoms with Crippen molar-refractivity contribution in [3.05, 3.63) is 39.6 Å². The van der Waals surface area contributed by atoms with E-state index in [2.05, 4.69) is 27.0 Å². The maximum absolute atomic E-state index is 8.72. The number of halogens is 2. The summed E-state index contributed by atoms with van der Waals surface area (Å²) in [7, 11) is 1.90. The van der Waals surface area contributed by atoms with E-state index in [1.54, 1.807) is 0 Å².